The number of phenols is 1. The summed E-state index contributed by atoms with van der Waals surface area (Å²) in [6.07, 6.45) is 1.75. The lowest BCUT2D eigenvalue weighted by Crippen LogP contribution is -2.32. The zero-order chi connectivity index (χ0) is 26.2. The number of aryl methyl sites for hydroxylation is 1. The van der Waals surface area contributed by atoms with E-state index in [2.05, 4.69) is 0 Å². The SMILES string of the molecule is CC(=O)CC(=O)C(CO)C(CCO)CC1CC(=O)c2c(O)ccc(CCC(=O)c3ccccc3)c2C1.O.[HH].[HH]. The molecule has 2 aromatic rings. The Kier molecular flexibility index (Phi) is 11.3. The van der Waals surface area contributed by atoms with Gasteiger partial charge in [-0.05, 0) is 61.6 Å². The maximum atomic E-state index is 13.0. The summed E-state index contributed by atoms with van der Waals surface area (Å²) in [4.78, 5) is 49.7. The summed E-state index contributed by atoms with van der Waals surface area (Å²) in [6, 6.07) is 12.2. The molecule has 0 radical (unpaired) electrons. The van der Waals surface area contributed by atoms with Crippen LogP contribution in [-0.2, 0) is 22.4 Å². The Bertz CT molecular complexity index is 1120. The molecule has 0 saturated heterocycles. The fraction of sp³-hybridized carbons (Fsp3) is 0.448. The molecule has 204 valence electrons. The van der Waals surface area contributed by atoms with Gasteiger partial charge in [0.2, 0.25) is 0 Å². The van der Waals surface area contributed by atoms with E-state index >= 15 is 0 Å². The van der Waals surface area contributed by atoms with Crippen molar-refractivity contribution in [2.24, 2.45) is 17.8 Å². The first-order chi connectivity index (χ1) is 17.2. The highest BCUT2D eigenvalue weighted by Crippen LogP contribution is 2.38. The van der Waals surface area contributed by atoms with Crippen molar-refractivity contribution < 1.29 is 42.8 Å². The number of benzene rings is 2. The number of phenolic OH excluding ortho intramolecular Hbond substituents is 1. The van der Waals surface area contributed by atoms with Gasteiger partial charge in [-0.15, -0.1) is 0 Å². The van der Waals surface area contributed by atoms with Crippen molar-refractivity contribution >= 4 is 23.1 Å². The molecule has 0 aromatic heterocycles. The molecule has 5 N–H and O–H groups in total. The van der Waals surface area contributed by atoms with Gasteiger partial charge in [0.1, 0.15) is 17.3 Å². The van der Waals surface area contributed by atoms with Crippen molar-refractivity contribution in [1.29, 1.82) is 0 Å². The zero-order valence-corrected chi connectivity index (χ0v) is 21.1. The van der Waals surface area contributed by atoms with Crippen LogP contribution in [0.25, 0.3) is 0 Å². The minimum absolute atomic E-state index is 0. The summed E-state index contributed by atoms with van der Waals surface area (Å²) >= 11 is 0. The van der Waals surface area contributed by atoms with Crippen LogP contribution in [0.1, 0.15) is 73.7 Å². The van der Waals surface area contributed by atoms with Gasteiger partial charge in [-0.3, -0.25) is 19.2 Å². The second kappa shape index (κ2) is 13.9. The molecule has 0 heterocycles. The summed E-state index contributed by atoms with van der Waals surface area (Å²) in [6.45, 7) is 0.710. The first kappa shape index (κ1) is 30.0. The molecule has 8 nitrogen and oxygen atoms in total. The summed E-state index contributed by atoms with van der Waals surface area (Å²) < 4.78 is 0. The van der Waals surface area contributed by atoms with Gasteiger partial charge in [0, 0.05) is 33.8 Å². The van der Waals surface area contributed by atoms with Crippen molar-refractivity contribution in [2.75, 3.05) is 13.2 Å². The quantitative estimate of drug-likeness (QED) is 0.272. The van der Waals surface area contributed by atoms with E-state index in [1.807, 2.05) is 18.2 Å². The number of carbonyl (C=O) groups is 4. The first-order valence-corrected chi connectivity index (χ1v) is 12.4. The van der Waals surface area contributed by atoms with Gasteiger partial charge in [-0.1, -0.05) is 36.4 Å². The van der Waals surface area contributed by atoms with Crippen LogP contribution < -0.4 is 0 Å². The highest BCUT2D eigenvalue weighted by molar-refractivity contribution is 6.02. The van der Waals surface area contributed by atoms with Gasteiger partial charge in [-0.2, -0.15) is 0 Å². The molecule has 0 fully saturated rings. The Hall–Kier alpha value is -3.20. The maximum absolute atomic E-state index is 13.0. The van der Waals surface area contributed by atoms with E-state index in [0.29, 0.717) is 30.4 Å². The number of aliphatic hydroxyl groups is 2. The van der Waals surface area contributed by atoms with E-state index in [0.717, 1.165) is 11.1 Å². The third-order valence-corrected chi connectivity index (χ3v) is 7.09. The number of aromatic hydroxyl groups is 1. The van der Waals surface area contributed by atoms with Crippen LogP contribution in [0.3, 0.4) is 0 Å². The van der Waals surface area contributed by atoms with Gasteiger partial charge in [0.05, 0.1) is 18.6 Å². The van der Waals surface area contributed by atoms with Crippen LogP contribution in [0, 0.1) is 17.8 Å². The molecule has 37 heavy (non-hydrogen) atoms. The number of aliphatic hydroxyl groups excluding tert-OH is 2. The molecular formula is C29H40O8. The molecule has 0 spiro atoms. The standard InChI is InChI=1S/C29H34O7.H2O.2H2/c1-18(32)13-27(35)24(17-31)22(11-12-30)14-19-15-23-20(8-10-26(34)29(23)28(36)16-19)7-9-25(33)21-5-3-2-4-6-21;;;/h2-6,8,10,19,22,24,30-31,34H,7,9,11-17H2,1H3;1H2;2*1H. The summed E-state index contributed by atoms with van der Waals surface area (Å²) in [5.41, 5.74) is 2.46. The zero-order valence-electron chi connectivity index (χ0n) is 21.1. The number of hydrogen-bond donors (Lipinski definition) is 3. The fourth-order valence-electron chi connectivity index (χ4n) is 5.33. The molecule has 3 rings (SSSR count). The topological polar surface area (TPSA) is 160 Å². The molecule has 2 aromatic carbocycles. The van der Waals surface area contributed by atoms with E-state index < -0.39 is 12.5 Å². The van der Waals surface area contributed by atoms with E-state index in [9.17, 15) is 34.5 Å². The smallest absolute Gasteiger partial charge is 0.167 e. The van der Waals surface area contributed by atoms with Crippen LogP contribution in [0.2, 0.25) is 0 Å². The second-order valence-corrected chi connectivity index (χ2v) is 9.73. The Morgan fingerprint density at radius 1 is 1.05 bits per heavy atom. The van der Waals surface area contributed by atoms with Gasteiger partial charge in [0.25, 0.3) is 0 Å². The molecule has 0 amide bonds. The highest BCUT2D eigenvalue weighted by Gasteiger charge is 2.34. The van der Waals surface area contributed by atoms with Gasteiger partial charge in [0.15, 0.2) is 11.6 Å². The fourth-order valence-corrected chi connectivity index (χ4v) is 5.33. The second-order valence-electron chi connectivity index (χ2n) is 9.73. The Morgan fingerprint density at radius 3 is 2.38 bits per heavy atom. The van der Waals surface area contributed by atoms with Crippen molar-refractivity contribution in [2.45, 2.75) is 51.9 Å². The molecule has 0 bridgehead atoms. The lowest BCUT2D eigenvalue weighted by atomic mass is 9.72. The van der Waals surface area contributed by atoms with Crippen LogP contribution in [0.4, 0.5) is 0 Å². The molecule has 1 aliphatic carbocycles. The van der Waals surface area contributed by atoms with Crippen LogP contribution >= 0.6 is 0 Å². The molecule has 0 aliphatic heterocycles. The third-order valence-electron chi connectivity index (χ3n) is 7.09. The van der Waals surface area contributed by atoms with Crippen molar-refractivity contribution in [3.05, 3.63) is 64.7 Å². The molecule has 3 atom stereocenters. The summed E-state index contributed by atoms with van der Waals surface area (Å²) in [5, 5.41) is 29.9. The molecule has 1 aliphatic rings. The van der Waals surface area contributed by atoms with Gasteiger partial charge in [-0.25, -0.2) is 0 Å². The Balaban J connectivity index is 0.00000481. The van der Waals surface area contributed by atoms with Crippen LogP contribution in [0.5, 0.6) is 5.75 Å². The number of Topliss-reactive ketones (excluding diaryl/α,β-unsaturated/α-hetero) is 4. The Labute approximate surface area is 219 Å². The van der Waals surface area contributed by atoms with Gasteiger partial charge >= 0.3 is 0 Å². The minimum Gasteiger partial charge on any atom is -0.507 e. The van der Waals surface area contributed by atoms with Crippen molar-refractivity contribution in [3.63, 3.8) is 0 Å². The largest absolute Gasteiger partial charge is 0.507 e. The molecule has 3 unspecified atom stereocenters. The van der Waals surface area contributed by atoms with E-state index in [1.54, 1.807) is 18.2 Å². The third kappa shape index (κ3) is 7.64. The summed E-state index contributed by atoms with van der Waals surface area (Å²) in [7, 11) is 0. The summed E-state index contributed by atoms with van der Waals surface area (Å²) in [5.74, 6) is -2.26. The predicted molar refractivity (Wildman–Crippen MR) is 142 cm³/mol. The molecule has 8 heteroatoms. The number of hydrogen-bond acceptors (Lipinski definition) is 7. The molecular weight excluding hydrogens is 476 g/mol. The van der Waals surface area contributed by atoms with E-state index in [-0.39, 0.29) is 81.3 Å². The lowest BCUT2D eigenvalue weighted by molar-refractivity contribution is -0.131. The minimum atomic E-state index is -0.787. The number of fused-ring (bicyclic) bond motifs is 1. The van der Waals surface area contributed by atoms with Crippen LogP contribution in [-0.4, -0.2) is 57.1 Å². The van der Waals surface area contributed by atoms with E-state index in [4.69, 9.17) is 0 Å². The van der Waals surface area contributed by atoms with Gasteiger partial charge < -0.3 is 20.8 Å². The number of carbonyl (C=O) groups excluding carboxylic acids is 4. The maximum Gasteiger partial charge on any atom is 0.167 e. The normalized spacial score (nSPS) is 16.3. The first-order valence-electron chi connectivity index (χ1n) is 12.4. The van der Waals surface area contributed by atoms with Crippen molar-refractivity contribution in [3.8, 4) is 5.75 Å². The van der Waals surface area contributed by atoms with Crippen molar-refractivity contribution in [1.82, 2.24) is 0 Å². The average Bonchev–Trinajstić information content (AvgIpc) is 2.84. The number of rotatable bonds is 13. The monoisotopic (exact) mass is 516 g/mol. The lowest BCUT2D eigenvalue weighted by Gasteiger charge is -2.31. The highest BCUT2D eigenvalue weighted by atomic mass is 16.3. The molecule has 0 saturated carbocycles. The average molecular weight is 517 g/mol. The number of ketones is 4. The predicted octanol–water partition coefficient (Wildman–Crippen LogP) is 3.17. The van der Waals surface area contributed by atoms with E-state index in [1.165, 1.54) is 13.0 Å². The van der Waals surface area contributed by atoms with Crippen LogP contribution in [0.15, 0.2) is 42.5 Å². The Morgan fingerprint density at radius 2 is 1.76 bits per heavy atom.